The van der Waals surface area contributed by atoms with Gasteiger partial charge in [0.1, 0.15) is 6.33 Å². The molecular formula is C16H20N4O. The van der Waals surface area contributed by atoms with Crippen molar-refractivity contribution in [1.29, 1.82) is 0 Å². The van der Waals surface area contributed by atoms with Crippen molar-refractivity contribution in [2.45, 2.75) is 32.4 Å². The minimum absolute atomic E-state index is 0.0588. The monoisotopic (exact) mass is 284 g/mol. The summed E-state index contributed by atoms with van der Waals surface area (Å²) in [4.78, 5) is 19.3. The molecule has 1 amide bonds. The second-order valence-corrected chi connectivity index (χ2v) is 5.00. The molecule has 1 heterocycles. The zero-order valence-corrected chi connectivity index (χ0v) is 12.3. The molecule has 1 aromatic heterocycles. The van der Waals surface area contributed by atoms with Crippen molar-refractivity contribution in [3.05, 3.63) is 48.5 Å². The van der Waals surface area contributed by atoms with Gasteiger partial charge >= 0.3 is 0 Å². The van der Waals surface area contributed by atoms with E-state index in [-0.39, 0.29) is 18.0 Å². The molecule has 5 nitrogen and oxygen atoms in total. The first kappa shape index (κ1) is 15.1. The maximum absolute atomic E-state index is 11.3. The fraction of sp³-hybridized carbons (Fsp3) is 0.312. The van der Waals surface area contributed by atoms with Crippen molar-refractivity contribution >= 4 is 5.91 Å². The highest BCUT2D eigenvalue weighted by molar-refractivity contribution is 5.79. The minimum atomic E-state index is -0.317. The van der Waals surface area contributed by atoms with E-state index in [2.05, 4.69) is 15.3 Å². The summed E-state index contributed by atoms with van der Waals surface area (Å²) in [7, 11) is 0. The lowest BCUT2D eigenvalue weighted by Gasteiger charge is -2.20. The Balaban J connectivity index is 2.10. The lowest BCUT2D eigenvalue weighted by Crippen LogP contribution is -2.41. The zero-order chi connectivity index (χ0) is 15.2. The zero-order valence-electron chi connectivity index (χ0n) is 12.3. The van der Waals surface area contributed by atoms with E-state index in [1.165, 1.54) is 6.33 Å². The van der Waals surface area contributed by atoms with Gasteiger partial charge in [0.05, 0.1) is 6.04 Å². The number of amides is 1. The number of nitrogens with one attached hydrogen (secondary N) is 1. The summed E-state index contributed by atoms with van der Waals surface area (Å²) < 4.78 is 0. The van der Waals surface area contributed by atoms with Crippen LogP contribution < -0.4 is 11.1 Å². The summed E-state index contributed by atoms with van der Waals surface area (Å²) in [5.74, 6) is -0.317. The van der Waals surface area contributed by atoms with Crippen molar-refractivity contribution < 1.29 is 4.79 Å². The molecule has 2 rings (SSSR count). The number of hydrogen-bond acceptors (Lipinski definition) is 4. The first-order valence-electron chi connectivity index (χ1n) is 7.02. The molecule has 3 N–H and O–H groups in total. The second kappa shape index (κ2) is 6.95. The Kier molecular flexibility index (Phi) is 5.00. The molecule has 2 atom stereocenters. The summed E-state index contributed by atoms with van der Waals surface area (Å²) in [6, 6.07) is 7.88. The van der Waals surface area contributed by atoms with Crippen LogP contribution in [0.4, 0.5) is 0 Å². The smallest absolute Gasteiger partial charge is 0.234 e. The van der Waals surface area contributed by atoms with E-state index in [0.717, 1.165) is 16.7 Å². The topological polar surface area (TPSA) is 80.9 Å². The number of nitrogens with zero attached hydrogens (tertiary/aromatic N) is 2. The average molecular weight is 284 g/mol. The van der Waals surface area contributed by atoms with Gasteiger partial charge in [0.2, 0.25) is 5.91 Å². The highest BCUT2D eigenvalue weighted by atomic mass is 16.1. The van der Waals surface area contributed by atoms with E-state index in [4.69, 9.17) is 5.73 Å². The molecule has 110 valence electrons. The van der Waals surface area contributed by atoms with Gasteiger partial charge in [-0.2, -0.15) is 0 Å². The molecule has 0 bridgehead atoms. The maximum Gasteiger partial charge on any atom is 0.234 e. The fourth-order valence-corrected chi connectivity index (χ4v) is 2.21. The van der Waals surface area contributed by atoms with Gasteiger partial charge in [-0.05, 0) is 24.5 Å². The molecule has 21 heavy (non-hydrogen) atoms. The molecule has 0 spiro atoms. The lowest BCUT2D eigenvalue weighted by atomic mass is 10.0. The van der Waals surface area contributed by atoms with Crippen molar-refractivity contribution in [2.75, 3.05) is 0 Å². The van der Waals surface area contributed by atoms with E-state index >= 15 is 0 Å². The fourth-order valence-electron chi connectivity index (χ4n) is 2.21. The Morgan fingerprint density at radius 2 is 1.81 bits per heavy atom. The number of primary amides is 1. The molecule has 0 aliphatic rings. The first-order chi connectivity index (χ1) is 10.1. The molecular weight excluding hydrogens is 264 g/mol. The Bertz CT molecular complexity index is 583. The van der Waals surface area contributed by atoms with Crippen molar-refractivity contribution in [3.8, 4) is 11.1 Å². The Morgan fingerprint density at radius 3 is 2.33 bits per heavy atom. The van der Waals surface area contributed by atoms with Crippen LogP contribution in [0.2, 0.25) is 0 Å². The van der Waals surface area contributed by atoms with Crippen LogP contribution in [-0.4, -0.2) is 21.9 Å². The number of benzene rings is 1. The molecule has 0 aliphatic carbocycles. The number of hydrogen-bond donors (Lipinski definition) is 2. The van der Waals surface area contributed by atoms with Crippen LogP contribution in [0.3, 0.4) is 0 Å². The Labute approximate surface area is 124 Å². The number of aromatic nitrogens is 2. The number of rotatable bonds is 6. The average Bonchev–Trinajstić information content (AvgIpc) is 2.53. The minimum Gasteiger partial charge on any atom is -0.368 e. The van der Waals surface area contributed by atoms with Crippen LogP contribution in [0.25, 0.3) is 11.1 Å². The van der Waals surface area contributed by atoms with Gasteiger partial charge in [-0.15, -0.1) is 0 Å². The number of carbonyl (C=O) groups is 1. The van der Waals surface area contributed by atoms with Crippen LogP contribution >= 0.6 is 0 Å². The van der Waals surface area contributed by atoms with Gasteiger partial charge in [-0.3, -0.25) is 10.1 Å². The summed E-state index contributed by atoms with van der Waals surface area (Å²) in [6.45, 7) is 3.96. The molecule has 5 heteroatoms. The SMILES string of the molecule is CC[C@@H](N[C@H](C)c1ccc(-c2cncnc2)cc1)C(N)=O. The predicted molar refractivity (Wildman–Crippen MR) is 82.3 cm³/mol. The third-order valence-electron chi connectivity index (χ3n) is 3.51. The van der Waals surface area contributed by atoms with E-state index < -0.39 is 0 Å². The van der Waals surface area contributed by atoms with Crippen LogP contribution in [0.5, 0.6) is 0 Å². The largest absolute Gasteiger partial charge is 0.368 e. The number of nitrogens with two attached hydrogens (primary N) is 1. The highest BCUT2D eigenvalue weighted by Gasteiger charge is 2.16. The molecule has 0 unspecified atom stereocenters. The first-order valence-corrected chi connectivity index (χ1v) is 7.02. The normalized spacial score (nSPS) is 13.6. The van der Waals surface area contributed by atoms with Crippen LogP contribution in [0.15, 0.2) is 43.0 Å². The molecule has 2 aromatic rings. The Morgan fingerprint density at radius 1 is 1.19 bits per heavy atom. The molecule has 0 saturated heterocycles. The summed E-state index contributed by atoms with van der Waals surface area (Å²) in [5.41, 5.74) is 8.51. The van der Waals surface area contributed by atoms with Crippen molar-refractivity contribution in [3.63, 3.8) is 0 Å². The van der Waals surface area contributed by atoms with Gasteiger partial charge in [-0.25, -0.2) is 9.97 Å². The highest BCUT2D eigenvalue weighted by Crippen LogP contribution is 2.21. The molecule has 0 saturated carbocycles. The van der Waals surface area contributed by atoms with Gasteiger partial charge in [0, 0.05) is 24.0 Å². The molecule has 0 fully saturated rings. The number of carbonyl (C=O) groups excluding carboxylic acids is 1. The van der Waals surface area contributed by atoms with E-state index in [1.807, 2.05) is 38.1 Å². The van der Waals surface area contributed by atoms with Gasteiger partial charge in [-0.1, -0.05) is 31.2 Å². The Hall–Kier alpha value is -2.27. The lowest BCUT2D eigenvalue weighted by molar-refractivity contribution is -0.120. The molecule has 1 aromatic carbocycles. The quantitative estimate of drug-likeness (QED) is 0.850. The van der Waals surface area contributed by atoms with E-state index in [9.17, 15) is 4.79 Å². The maximum atomic E-state index is 11.3. The standard InChI is InChI=1S/C16H20N4O/c1-3-15(16(17)21)20-11(2)12-4-6-13(7-5-12)14-8-18-10-19-9-14/h4-11,15,20H,3H2,1-2H3,(H2,17,21)/t11-,15-/m1/s1. The van der Waals surface area contributed by atoms with Gasteiger partial charge in [0.25, 0.3) is 0 Å². The van der Waals surface area contributed by atoms with Crippen molar-refractivity contribution in [2.24, 2.45) is 5.73 Å². The van der Waals surface area contributed by atoms with Crippen molar-refractivity contribution in [1.82, 2.24) is 15.3 Å². The van der Waals surface area contributed by atoms with E-state index in [1.54, 1.807) is 12.4 Å². The summed E-state index contributed by atoms with van der Waals surface area (Å²) in [6.07, 6.45) is 5.76. The third kappa shape index (κ3) is 3.86. The van der Waals surface area contributed by atoms with Crippen LogP contribution in [0, 0.1) is 0 Å². The molecule has 0 radical (unpaired) electrons. The predicted octanol–water partition coefficient (Wildman–Crippen LogP) is 2.06. The van der Waals surface area contributed by atoms with Gasteiger partial charge in [0.15, 0.2) is 0 Å². The van der Waals surface area contributed by atoms with Crippen LogP contribution in [0.1, 0.15) is 31.9 Å². The third-order valence-corrected chi connectivity index (χ3v) is 3.51. The summed E-state index contributed by atoms with van der Waals surface area (Å²) >= 11 is 0. The summed E-state index contributed by atoms with van der Waals surface area (Å²) in [5, 5.41) is 3.24. The van der Waals surface area contributed by atoms with E-state index in [0.29, 0.717) is 6.42 Å². The van der Waals surface area contributed by atoms with Gasteiger partial charge < -0.3 is 5.73 Å². The molecule has 0 aliphatic heterocycles. The second-order valence-electron chi connectivity index (χ2n) is 5.00. The van der Waals surface area contributed by atoms with Crippen LogP contribution in [-0.2, 0) is 4.79 Å².